The van der Waals surface area contributed by atoms with Crippen LogP contribution in [0.4, 0.5) is 0 Å². The van der Waals surface area contributed by atoms with Crippen LogP contribution >= 0.6 is 0 Å². The molecule has 0 aliphatic heterocycles. The molecule has 0 saturated heterocycles. The summed E-state index contributed by atoms with van der Waals surface area (Å²) in [6, 6.07) is 0. The van der Waals surface area contributed by atoms with Gasteiger partial charge in [-0.05, 0) is 6.92 Å². The maximum absolute atomic E-state index is 8.52. The molecule has 0 atom stereocenters. The second-order valence-corrected chi connectivity index (χ2v) is 2.43. The van der Waals surface area contributed by atoms with Crippen LogP contribution in [0.25, 0.3) is 0 Å². The minimum Gasteiger partial charge on any atom is -0.395 e. The zero-order valence-electron chi connectivity index (χ0n) is 7.19. The summed E-state index contributed by atoms with van der Waals surface area (Å²) in [4.78, 5) is 0. The molecule has 0 fully saturated rings. The van der Waals surface area contributed by atoms with Crippen molar-refractivity contribution < 1.29 is 5.11 Å². The Morgan fingerprint density at radius 3 is 3.17 bits per heavy atom. The van der Waals surface area contributed by atoms with Crippen molar-refractivity contribution in [3.05, 3.63) is 12.2 Å². The molecule has 0 aromatic carbocycles. The zero-order valence-corrected chi connectivity index (χ0v) is 7.19. The van der Waals surface area contributed by atoms with Gasteiger partial charge >= 0.3 is 0 Å². The Bertz CT molecular complexity index is 223. The third-order valence-electron chi connectivity index (χ3n) is 1.61. The van der Waals surface area contributed by atoms with Crippen LogP contribution in [0, 0.1) is 0 Å². The molecule has 0 saturated carbocycles. The molecule has 0 aliphatic carbocycles. The highest BCUT2D eigenvalue weighted by Crippen LogP contribution is 1.92. The van der Waals surface area contributed by atoms with Gasteiger partial charge in [-0.15, -0.1) is 10.2 Å². The third-order valence-corrected chi connectivity index (χ3v) is 1.61. The summed E-state index contributed by atoms with van der Waals surface area (Å²) in [6.07, 6.45) is 1.70. The summed E-state index contributed by atoms with van der Waals surface area (Å²) in [6.45, 7) is 4.33. The van der Waals surface area contributed by atoms with Crippen molar-refractivity contribution in [3.63, 3.8) is 0 Å². The van der Waals surface area contributed by atoms with E-state index in [0.29, 0.717) is 13.1 Å². The maximum Gasteiger partial charge on any atom is 0.146 e. The van der Waals surface area contributed by atoms with Crippen molar-refractivity contribution in [1.29, 1.82) is 0 Å². The minimum absolute atomic E-state index is 0.153. The fraction of sp³-hybridized carbons (Fsp3) is 0.714. The minimum atomic E-state index is 0.153. The van der Waals surface area contributed by atoms with Gasteiger partial charge in [0.2, 0.25) is 0 Å². The fourth-order valence-electron chi connectivity index (χ4n) is 0.959. The van der Waals surface area contributed by atoms with E-state index in [4.69, 9.17) is 5.11 Å². The summed E-state index contributed by atoms with van der Waals surface area (Å²) in [5.74, 6) is 0.908. The lowest BCUT2D eigenvalue weighted by atomic mass is 10.5. The zero-order chi connectivity index (χ0) is 8.81. The first kappa shape index (κ1) is 9.15. The molecule has 0 bridgehead atoms. The van der Waals surface area contributed by atoms with E-state index >= 15 is 0 Å². The normalized spacial score (nSPS) is 10.5. The molecule has 68 valence electrons. The predicted molar refractivity (Wildman–Crippen MR) is 44.5 cm³/mol. The van der Waals surface area contributed by atoms with E-state index in [2.05, 4.69) is 15.5 Å². The second-order valence-electron chi connectivity index (χ2n) is 2.43. The summed E-state index contributed by atoms with van der Waals surface area (Å²) in [5, 5.41) is 19.3. The molecular weight excluding hydrogens is 156 g/mol. The first-order valence-corrected chi connectivity index (χ1v) is 4.06. The van der Waals surface area contributed by atoms with Crippen molar-refractivity contribution in [1.82, 2.24) is 20.1 Å². The standard InChI is InChI=1S/C7H14N4O/c1-2-11-6-9-10-7(11)5-8-3-4-12/h6,8,12H,2-5H2,1H3. The average molecular weight is 170 g/mol. The van der Waals surface area contributed by atoms with Crippen molar-refractivity contribution in [2.75, 3.05) is 13.2 Å². The molecule has 0 unspecified atom stereocenters. The van der Waals surface area contributed by atoms with E-state index in [-0.39, 0.29) is 6.61 Å². The van der Waals surface area contributed by atoms with Crippen LogP contribution in [0.5, 0.6) is 0 Å². The van der Waals surface area contributed by atoms with Crippen LogP contribution in [0.2, 0.25) is 0 Å². The Hall–Kier alpha value is -0.940. The topological polar surface area (TPSA) is 63.0 Å². The molecule has 2 N–H and O–H groups in total. The summed E-state index contributed by atoms with van der Waals surface area (Å²) in [5.41, 5.74) is 0. The van der Waals surface area contributed by atoms with Crippen LogP contribution in [-0.2, 0) is 13.1 Å². The van der Waals surface area contributed by atoms with E-state index in [0.717, 1.165) is 12.4 Å². The Balaban J connectivity index is 2.39. The van der Waals surface area contributed by atoms with Crippen LogP contribution < -0.4 is 5.32 Å². The third kappa shape index (κ3) is 2.28. The molecular formula is C7H14N4O. The van der Waals surface area contributed by atoms with Crippen LogP contribution in [0.15, 0.2) is 6.33 Å². The van der Waals surface area contributed by atoms with Gasteiger partial charge in [0.1, 0.15) is 12.2 Å². The monoisotopic (exact) mass is 170 g/mol. The number of aryl methyl sites for hydroxylation is 1. The molecule has 0 aliphatic rings. The van der Waals surface area contributed by atoms with Crippen molar-refractivity contribution >= 4 is 0 Å². The van der Waals surface area contributed by atoms with Crippen LogP contribution in [0.3, 0.4) is 0 Å². The molecule has 12 heavy (non-hydrogen) atoms. The van der Waals surface area contributed by atoms with E-state index in [9.17, 15) is 0 Å². The van der Waals surface area contributed by atoms with Gasteiger partial charge in [-0.3, -0.25) is 0 Å². The van der Waals surface area contributed by atoms with Crippen molar-refractivity contribution in [2.24, 2.45) is 0 Å². The Morgan fingerprint density at radius 1 is 1.67 bits per heavy atom. The van der Waals surface area contributed by atoms with Gasteiger partial charge in [0.15, 0.2) is 0 Å². The first-order chi connectivity index (χ1) is 5.88. The van der Waals surface area contributed by atoms with Crippen LogP contribution in [0.1, 0.15) is 12.7 Å². The maximum atomic E-state index is 8.52. The van der Waals surface area contributed by atoms with E-state index in [1.165, 1.54) is 0 Å². The highest BCUT2D eigenvalue weighted by atomic mass is 16.3. The number of nitrogens with one attached hydrogen (secondary N) is 1. The highest BCUT2D eigenvalue weighted by Gasteiger charge is 1.99. The summed E-state index contributed by atoms with van der Waals surface area (Å²) < 4.78 is 1.96. The molecule has 5 heteroatoms. The number of aliphatic hydroxyl groups is 1. The van der Waals surface area contributed by atoms with Gasteiger partial charge in [-0.25, -0.2) is 0 Å². The van der Waals surface area contributed by atoms with Gasteiger partial charge in [-0.2, -0.15) is 0 Å². The van der Waals surface area contributed by atoms with Gasteiger partial charge in [-0.1, -0.05) is 0 Å². The SMILES string of the molecule is CCn1cnnc1CNCCO. The average Bonchev–Trinajstić information content (AvgIpc) is 2.52. The van der Waals surface area contributed by atoms with Crippen molar-refractivity contribution in [3.8, 4) is 0 Å². The van der Waals surface area contributed by atoms with E-state index in [1.54, 1.807) is 6.33 Å². The molecule has 0 radical (unpaired) electrons. The van der Waals surface area contributed by atoms with Crippen molar-refractivity contribution in [2.45, 2.75) is 20.0 Å². The lowest BCUT2D eigenvalue weighted by Crippen LogP contribution is -2.20. The Kier molecular flexibility index (Phi) is 3.69. The number of aliphatic hydroxyl groups excluding tert-OH is 1. The molecule has 0 spiro atoms. The van der Waals surface area contributed by atoms with Gasteiger partial charge in [0, 0.05) is 13.1 Å². The molecule has 5 nitrogen and oxygen atoms in total. The number of aromatic nitrogens is 3. The van der Waals surface area contributed by atoms with Gasteiger partial charge < -0.3 is 15.0 Å². The number of hydrogen-bond acceptors (Lipinski definition) is 4. The lowest BCUT2D eigenvalue weighted by molar-refractivity contribution is 0.291. The predicted octanol–water partition coefficient (Wildman–Crippen LogP) is -0.620. The molecule has 1 heterocycles. The first-order valence-electron chi connectivity index (χ1n) is 4.06. The second kappa shape index (κ2) is 4.84. The lowest BCUT2D eigenvalue weighted by Gasteiger charge is -2.03. The smallest absolute Gasteiger partial charge is 0.146 e. The Morgan fingerprint density at radius 2 is 2.50 bits per heavy atom. The van der Waals surface area contributed by atoms with Crippen LogP contribution in [-0.4, -0.2) is 33.0 Å². The molecule has 1 rings (SSSR count). The summed E-state index contributed by atoms with van der Waals surface area (Å²) >= 11 is 0. The fourth-order valence-corrected chi connectivity index (χ4v) is 0.959. The molecule has 1 aromatic rings. The summed E-state index contributed by atoms with van der Waals surface area (Å²) in [7, 11) is 0. The van der Waals surface area contributed by atoms with E-state index in [1.807, 2.05) is 11.5 Å². The number of hydrogen-bond donors (Lipinski definition) is 2. The number of nitrogens with zero attached hydrogens (tertiary/aromatic N) is 3. The largest absolute Gasteiger partial charge is 0.395 e. The van der Waals surface area contributed by atoms with Gasteiger partial charge in [0.05, 0.1) is 13.2 Å². The Labute approximate surface area is 71.4 Å². The molecule has 1 aromatic heterocycles. The number of rotatable bonds is 5. The highest BCUT2D eigenvalue weighted by molar-refractivity contribution is 4.84. The van der Waals surface area contributed by atoms with Gasteiger partial charge in [0.25, 0.3) is 0 Å². The van der Waals surface area contributed by atoms with E-state index < -0.39 is 0 Å². The molecule has 0 amide bonds. The quantitative estimate of drug-likeness (QED) is 0.578.